The van der Waals surface area contributed by atoms with Gasteiger partial charge in [-0.1, -0.05) is 65.8 Å². The lowest BCUT2D eigenvalue weighted by molar-refractivity contribution is -0.136. The van der Waals surface area contributed by atoms with Gasteiger partial charge in [0.05, 0.1) is 11.1 Å². The van der Waals surface area contributed by atoms with Crippen molar-refractivity contribution in [3.8, 4) is 0 Å². The number of nitrogens with zero attached hydrogens (tertiary/aromatic N) is 2. The number of nitrogens with one attached hydrogen (secondary N) is 1. The van der Waals surface area contributed by atoms with Crippen LogP contribution in [-0.4, -0.2) is 54.0 Å². The van der Waals surface area contributed by atoms with E-state index in [1.54, 1.807) is 4.90 Å². The average molecular weight is 565 g/mol. The van der Waals surface area contributed by atoms with Crippen molar-refractivity contribution in [2.24, 2.45) is 10.6 Å². The Balaban J connectivity index is 1.63. The van der Waals surface area contributed by atoms with E-state index < -0.39 is 11.0 Å². The largest absolute Gasteiger partial charge is 0.444 e. The molecule has 0 bridgehead atoms. The molecule has 0 aromatic heterocycles. The molecule has 1 saturated heterocycles. The first-order chi connectivity index (χ1) is 17.1. The molecule has 1 N–H and O–H groups in total. The number of oxime groups is 1. The van der Waals surface area contributed by atoms with Gasteiger partial charge in [0, 0.05) is 42.5 Å². The van der Waals surface area contributed by atoms with Crippen molar-refractivity contribution >= 4 is 33.6 Å². The second-order valence-corrected chi connectivity index (χ2v) is 12.0. The molecule has 1 atom stereocenters. The van der Waals surface area contributed by atoms with E-state index in [0.29, 0.717) is 45.3 Å². The predicted molar refractivity (Wildman–Crippen MR) is 146 cm³/mol. The lowest BCUT2D eigenvalue weighted by Gasteiger charge is -2.41. The molecule has 2 amide bonds. The van der Waals surface area contributed by atoms with E-state index in [1.165, 1.54) is 19.3 Å². The number of carbonyl (C=O) groups excluding carboxylic acids is 2. The summed E-state index contributed by atoms with van der Waals surface area (Å²) in [6, 6.07) is 8.02. The van der Waals surface area contributed by atoms with Gasteiger partial charge in [0.2, 0.25) is 5.91 Å². The number of piperidine rings is 1. The molecular weight excluding hydrogens is 522 g/mol. The van der Waals surface area contributed by atoms with E-state index in [4.69, 9.17) is 9.57 Å². The highest BCUT2D eigenvalue weighted by atomic mass is 79.9. The summed E-state index contributed by atoms with van der Waals surface area (Å²) in [5, 5.41) is 7.56. The van der Waals surface area contributed by atoms with Gasteiger partial charge >= 0.3 is 6.09 Å². The Morgan fingerprint density at radius 1 is 1.19 bits per heavy atom. The van der Waals surface area contributed by atoms with Gasteiger partial charge < -0.3 is 19.8 Å². The Kier molecular flexibility index (Phi) is 10.2. The minimum atomic E-state index is -0.588. The fraction of sp³-hybridized carbons (Fsp3) is 0.679. The van der Waals surface area contributed by atoms with Crippen molar-refractivity contribution in [3.05, 3.63) is 34.3 Å². The van der Waals surface area contributed by atoms with Crippen molar-refractivity contribution in [3.63, 3.8) is 0 Å². The van der Waals surface area contributed by atoms with E-state index in [9.17, 15) is 9.59 Å². The fourth-order valence-corrected chi connectivity index (χ4v) is 5.30. The van der Waals surface area contributed by atoms with Crippen molar-refractivity contribution < 1.29 is 19.2 Å². The third kappa shape index (κ3) is 8.22. The van der Waals surface area contributed by atoms with Gasteiger partial charge in [-0.25, -0.2) is 4.79 Å². The molecule has 0 spiro atoms. The summed E-state index contributed by atoms with van der Waals surface area (Å²) in [4.78, 5) is 33.7. The summed E-state index contributed by atoms with van der Waals surface area (Å²) in [6.45, 7) is 9.47. The number of unbranched alkanes of at least 4 members (excludes halogenated alkanes) is 4. The van der Waals surface area contributed by atoms with Crippen LogP contribution in [0.25, 0.3) is 0 Å². The molecule has 1 aromatic carbocycles. The van der Waals surface area contributed by atoms with Crippen LogP contribution >= 0.6 is 15.9 Å². The number of hydrogen-bond acceptors (Lipinski definition) is 5. The van der Waals surface area contributed by atoms with Gasteiger partial charge in [-0.15, -0.1) is 0 Å². The van der Waals surface area contributed by atoms with Gasteiger partial charge in [-0.05, 0) is 52.2 Å². The Labute approximate surface area is 224 Å². The Hall–Kier alpha value is -2.09. The number of halogens is 1. The summed E-state index contributed by atoms with van der Waals surface area (Å²) < 4.78 is 6.56. The second kappa shape index (κ2) is 12.9. The van der Waals surface area contributed by atoms with E-state index in [-0.39, 0.29) is 18.1 Å². The minimum absolute atomic E-state index is 0.0707. The molecule has 8 heteroatoms. The molecule has 36 heavy (non-hydrogen) atoms. The molecule has 0 saturated carbocycles. The van der Waals surface area contributed by atoms with Crippen LogP contribution in [0.3, 0.4) is 0 Å². The second-order valence-electron chi connectivity index (χ2n) is 11.1. The lowest BCUT2D eigenvalue weighted by Crippen LogP contribution is -2.52. The molecule has 1 fully saturated rings. The van der Waals surface area contributed by atoms with Gasteiger partial charge in [-0.2, -0.15) is 0 Å². The number of rotatable bonds is 10. The van der Waals surface area contributed by atoms with Gasteiger partial charge in [0.25, 0.3) is 0 Å². The highest BCUT2D eigenvalue weighted by Gasteiger charge is 2.45. The number of hydrogen-bond donors (Lipinski definition) is 1. The van der Waals surface area contributed by atoms with E-state index in [2.05, 4.69) is 33.3 Å². The molecule has 200 valence electrons. The molecule has 2 aliphatic rings. The van der Waals surface area contributed by atoms with Gasteiger partial charge in [0.15, 0.2) is 0 Å². The zero-order valence-corrected chi connectivity index (χ0v) is 23.9. The summed E-state index contributed by atoms with van der Waals surface area (Å²) in [5.74, 6) is 0.0707. The number of benzene rings is 1. The molecule has 1 aromatic rings. The Morgan fingerprint density at radius 2 is 1.92 bits per heavy atom. The van der Waals surface area contributed by atoms with Crippen LogP contribution in [-0.2, 0) is 14.4 Å². The monoisotopic (exact) mass is 563 g/mol. The summed E-state index contributed by atoms with van der Waals surface area (Å²) >= 11 is 3.52. The van der Waals surface area contributed by atoms with Gasteiger partial charge in [-0.3, -0.25) is 4.79 Å². The predicted octanol–water partition coefficient (Wildman–Crippen LogP) is 6.44. The summed E-state index contributed by atoms with van der Waals surface area (Å²) in [6.07, 6.45) is 7.69. The topological polar surface area (TPSA) is 80.2 Å². The van der Waals surface area contributed by atoms with Crippen LogP contribution in [0.5, 0.6) is 0 Å². The molecule has 0 radical (unpaired) electrons. The first-order valence-electron chi connectivity index (χ1n) is 13.4. The standard InChI is InChI=1S/C28H42BrN3O4/c1-5-6-7-8-9-15-30-25(33)28(13-16-32(17-14-28)26(34)35-27(2,3)4)20-23-19-24(31-36-23)21-11-10-12-22(29)18-21/h10-12,18,23H,5-9,13-17,19-20H2,1-4H3,(H,30,33). The first kappa shape index (κ1) is 28.5. The smallest absolute Gasteiger partial charge is 0.410 e. The van der Waals surface area contributed by atoms with E-state index in [0.717, 1.165) is 28.6 Å². The molecule has 2 aliphatic heterocycles. The highest BCUT2D eigenvalue weighted by molar-refractivity contribution is 9.10. The summed E-state index contributed by atoms with van der Waals surface area (Å²) in [5.41, 5.74) is 0.796. The highest BCUT2D eigenvalue weighted by Crippen LogP contribution is 2.39. The maximum absolute atomic E-state index is 13.6. The zero-order valence-electron chi connectivity index (χ0n) is 22.3. The molecule has 0 aliphatic carbocycles. The van der Waals surface area contributed by atoms with Crippen LogP contribution in [0.4, 0.5) is 4.79 Å². The van der Waals surface area contributed by atoms with Crippen LogP contribution < -0.4 is 5.32 Å². The average Bonchev–Trinajstić information content (AvgIpc) is 3.29. The molecule has 2 heterocycles. The van der Waals surface area contributed by atoms with E-state index >= 15 is 0 Å². The minimum Gasteiger partial charge on any atom is -0.444 e. The Bertz CT molecular complexity index is 920. The fourth-order valence-electron chi connectivity index (χ4n) is 4.90. The number of amides is 2. The molecule has 7 nitrogen and oxygen atoms in total. The van der Waals surface area contributed by atoms with E-state index in [1.807, 2.05) is 45.0 Å². The zero-order chi connectivity index (χ0) is 26.2. The van der Waals surface area contributed by atoms with Crippen molar-refractivity contribution in [2.75, 3.05) is 19.6 Å². The van der Waals surface area contributed by atoms with Crippen molar-refractivity contribution in [1.29, 1.82) is 0 Å². The molecule has 3 rings (SSSR count). The number of likely N-dealkylation sites (tertiary alicyclic amines) is 1. The van der Waals surface area contributed by atoms with Crippen LogP contribution in [0, 0.1) is 5.41 Å². The third-order valence-corrected chi connectivity index (χ3v) is 7.42. The van der Waals surface area contributed by atoms with Crippen LogP contribution in [0.2, 0.25) is 0 Å². The quantitative estimate of drug-likeness (QED) is 0.332. The molecule has 1 unspecified atom stereocenters. The van der Waals surface area contributed by atoms with Crippen molar-refractivity contribution in [2.45, 2.75) is 97.2 Å². The maximum atomic E-state index is 13.6. The number of ether oxygens (including phenoxy) is 1. The normalized spacial score (nSPS) is 19.4. The lowest BCUT2D eigenvalue weighted by atomic mass is 9.72. The maximum Gasteiger partial charge on any atom is 0.410 e. The third-order valence-electron chi connectivity index (χ3n) is 6.93. The molecular formula is C28H42BrN3O4. The number of carbonyl (C=O) groups is 2. The van der Waals surface area contributed by atoms with Crippen LogP contribution in [0.1, 0.15) is 91.0 Å². The van der Waals surface area contributed by atoms with Crippen molar-refractivity contribution in [1.82, 2.24) is 10.2 Å². The Morgan fingerprint density at radius 3 is 2.58 bits per heavy atom. The summed E-state index contributed by atoms with van der Waals surface area (Å²) in [7, 11) is 0. The SMILES string of the molecule is CCCCCCCNC(=O)C1(CC2CC(c3cccc(Br)c3)=NO2)CCN(C(=O)OC(C)(C)C)CC1. The first-order valence-corrected chi connectivity index (χ1v) is 14.2. The van der Waals surface area contributed by atoms with Gasteiger partial charge in [0.1, 0.15) is 11.7 Å². The van der Waals surface area contributed by atoms with Crippen LogP contribution in [0.15, 0.2) is 33.9 Å².